The molecular formula is C24H27ClN4O3. The zero-order chi connectivity index (χ0) is 21.9. The highest BCUT2D eigenvalue weighted by Gasteiger charge is 2.25. The third kappa shape index (κ3) is 4.46. The van der Waals surface area contributed by atoms with Crippen molar-refractivity contribution in [3.05, 3.63) is 58.7 Å². The van der Waals surface area contributed by atoms with E-state index in [9.17, 15) is 4.79 Å². The summed E-state index contributed by atoms with van der Waals surface area (Å²) in [7, 11) is 0. The number of nitrogens with zero attached hydrogens (tertiary/aromatic N) is 3. The van der Waals surface area contributed by atoms with Crippen LogP contribution in [-0.4, -0.2) is 73.6 Å². The first-order chi connectivity index (χ1) is 15.7. The molecule has 2 aromatic carbocycles. The standard InChI is InChI=1S/C24H27ClN4O3/c25-21-5-4-19(13-23(21)28-6-9-31-10-7-28)24(30)29-8-11-32-16-17(15-29)12-18-2-1-3-22-20(18)14-26-27-22/h1-5,13-14,17H,6-12,15-16H2,(H,26,27). The van der Waals surface area contributed by atoms with Gasteiger partial charge in [-0.2, -0.15) is 5.10 Å². The molecule has 168 valence electrons. The number of halogens is 1. The Morgan fingerprint density at radius 1 is 1.12 bits per heavy atom. The monoisotopic (exact) mass is 454 g/mol. The molecule has 2 aliphatic rings. The first-order valence-corrected chi connectivity index (χ1v) is 11.5. The number of fused-ring (bicyclic) bond motifs is 1. The third-order valence-corrected chi connectivity index (χ3v) is 6.57. The maximum atomic E-state index is 13.4. The topological polar surface area (TPSA) is 70.7 Å². The third-order valence-electron chi connectivity index (χ3n) is 6.25. The van der Waals surface area contributed by atoms with Crippen LogP contribution in [0.2, 0.25) is 5.02 Å². The molecule has 2 saturated heterocycles. The molecule has 2 fully saturated rings. The molecule has 0 aliphatic carbocycles. The highest BCUT2D eigenvalue weighted by molar-refractivity contribution is 6.33. The normalized spacial score (nSPS) is 19.8. The van der Waals surface area contributed by atoms with Crippen molar-refractivity contribution < 1.29 is 14.3 Å². The number of hydrogen-bond donors (Lipinski definition) is 1. The maximum absolute atomic E-state index is 13.4. The number of ether oxygens (including phenoxy) is 2. The Labute approximate surface area is 192 Å². The molecule has 1 N–H and O–H groups in total. The van der Waals surface area contributed by atoms with Crippen LogP contribution in [0.3, 0.4) is 0 Å². The van der Waals surface area contributed by atoms with Gasteiger partial charge in [0.05, 0.1) is 48.9 Å². The van der Waals surface area contributed by atoms with Gasteiger partial charge in [-0.05, 0) is 36.2 Å². The lowest BCUT2D eigenvalue weighted by molar-refractivity contribution is 0.0737. The summed E-state index contributed by atoms with van der Waals surface area (Å²) < 4.78 is 11.3. The number of nitrogens with one attached hydrogen (secondary N) is 1. The number of hydrogen-bond acceptors (Lipinski definition) is 5. The van der Waals surface area contributed by atoms with Crippen LogP contribution in [-0.2, 0) is 15.9 Å². The molecule has 32 heavy (non-hydrogen) atoms. The SMILES string of the molecule is O=C(c1ccc(Cl)c(N2CCOCC2)c1)N1CCOCC(Cc2cccc3[nH]ncc23)C1. The molecule has 3 heterocycles. The maximum Gasteiger partial charge on any atom is 0.254 e. The van der Waals surface area contributed by atoms with Crippen molar-refractivity contribution >= 4 is 34.1 Å². The molecular weight excluding hydrogens is 428 g/mol. The van der Waals surface area contributed by atoms with Crippen LogP contribution in [0.1, 0.15) is 15.9 Å². The number of aromatic amines is 1. The Kier molecular flexibility index (Phi) is 6.30. The van der Waals surface area contributed by atoms with E-state index < -0.39 is 0 Å². The van der Waals surface area contributed by atoms with Crippen molar-refractivity contribution in [3.63, 3.8) is 0 Å². The Bertz CT molecular complexity index is 1100. The fourth-order valence-corrected chi connectivity index (χ4v) is 4.82. The van der Waals surface area contributed by atoms with Gasteiger partial charge in [0, 0.05) is 43.0 Å². The van der Waals surface area contributed by atoms with Crippen molar-refractivity contribution in [2.24, 2.45) is 5.92 Å². The molecule has 0 saturated carbocycles. The molecule has 0 radical (unpaired) electrons. The highest BCUT2D eigenvalue weighted by atomic mass is 35.5. The van der Waals surface area contributed by atoms with Gasteiger partial charge in [-0.3, -0.25) is 9.89 Å². The lowest BCUT2D eigenvalue weighted by Crippen LogP contribution is -2.38. The summed E-state index contributed by atoms with van der Waals surface area (Å²) in [5, 5.41) is 8.98. The van der Waals surface area contributed by atoms with E-state index in [0.29, 0.717) is 50.1 Å². The van der Waals surface area contributed by atoms with Gasteiger partial charge < -0.3 is 19.3 Å². The molecule has 1 atom stereocenters. The number of H-pyrrole nitrogens is 1. The van der Waals surface area contributed by atoms with E-state index >= 15 is 0 Å². The lowest BCUT2D eigenvalue weighted by atomic mass is 9.97. The lowest BCUT2D eigenvalue weighted by Gasteiger charge is -2.30. The highest BCUT2D eigenvalue weighted by Crippen LogP contribution is 2.29. The summed E-state index contributed by atoms with van der Waals surface area (Å²) in [5.74, 6) is 0.237. The van der Waals surface area contributed by atoms with E-state index in [1.165, 1.54) is 5.56 Å². The number of morpholine rings is 1. The molecule has 1 unspecified atom stereocenters. The molecule has 0 spiro atoms. The van der Waals surface area contributed by atoms with Crippen LogP contribution < -0.4 is 4.90 Å². The van der Waals surface area contributed by atoms with E-state index in [4.69, 9.17) is 21.1 Å². The van der Waals surface area contributed by atoms with E-state index in [-0.39, 0.29) is 11.8 Å². The van der Waals surface area contributed by atoms with Gasteiger partial charge >= 0.3 is 0 Å². The predicted molar refractivity (Wildman–Crippen MR) is 124 cm³/mol. The Morgan fingerprint density at radius 2 is 1.97 bits per heavy atom. The molecule has 3 aromatic rings. The molecule has 2 aliphatic heterocycles. The molecule has 0 bridgehead atoms. The van der Waals surface area contributed by atoms with Crippen molar-refractivity contribution in [2.75, 3.05) is 57.5 Å². The molecule has 1 amide bonds. The minimum atomic E-state index is 0.0215. The number of carbonyl (C=O) groups is 1. The number of benzene rings is 2. The first-order valence-electron chi connectivity index (χ1n) is 11.1. The number of amides is 1. The summed E-state index contributed by atoms with van der Waals surface area (Å²) >= 11 is 6.46. The summed E-state index contributed by atoms with van der Waals surface area (Å²) in [4.78, 5) is 17.5. The molecule has 5 rings (SSSR count). The minimum absolute atomic E-state index is 0.0215. The first kappa shape index (κ1) is 21.2. The van der Waals surface area contributed by atoms with Crippen LogP contribution >= 0.6 is 11.6 Å². The summed E-state index contributed by atoms with van der Waals surface area (Å²) in [6.45, 7) is 5.31. The van der Waals surface area contributed by atoms with Crippen molar-refractivity contribution in [1.29, 1.82) is 0 Å². The van der Waals surface area contributed by atoms with Gasteiger partial charge in [0.1, 0.15) is 0 Å². The Morgan fingerprint density at radius 3 is 2.84 bits per heavy atom. The second-order valence-electron chi connectivity index (χ2n) is 8.41. The van der Waals surface area contributed by atoms with E-state index in [1.54, 1.807) is 0 Å². The van der Waals surface area contributed by atoms with Crippen LogP contribution in [0.15, 0.2) is 42.6 Å². The molecule has 7 nitrogen and oxygen atoms in total. The van der Waals surface area contributed by atoms with Gasteiger partial charge in [0.25, 0.3) is 5.91 Å². The van der Waals surface area contributed by atoms with Gasteiger partial charge in [-0.15, -0.1) is 0 Å². The predicted octanol–water partition coefficient (Wildman–Crippen LogP) is 3.38. The van der Waals surface area contributed by atoms with Crippen molar-refractivity contribution in [1.82, 2.24) is 15.1 Å². The number of rotatable bonds is 4. The van der Waals surface area contributed by atoms with Crippen molar-refractivity contribution in [2.45, 2.75) is 6.42 Å². The van der Waals surface area contributed by atoms with Gasteiger partial charge in [0.2, 0.25) is 0 Å². The van der Waals surface area contributed by atoms with E-state index in [0.717, 1.165) is 36.1 Å². The second-order valence-corrected chi connectivity index (χ2v) is 8.82. The van der Waals surface area contributed by atoms with Gasteiger partial charge in [0.15, 0.2) is 0 Å². The van der Waals surface area contributed by atoms with E-state index in [2.05, 4.69) is 21.2 Å². The number of aromatic nitrogens is 2. The number of anilines is 1. The van der Waals surface area contributed by atoms with Gasteiger partial charge in [-0.25, -0.2) is 0 Å². The summed E-state index contributed by atoms with van der Waals surface area (Å²) in [6, 6.07) is 11.8. The van der Waals surface area contributed by atoms with E-state index in [1.807, 2.05) is 41.4 Å². The van der Waals surface area contributed by atoms with Crippen LogP contribution in [0.4, 0.5) is 5.69 Å². The van der Waals surface area contributed by atoms with Crippen LogP contribution in [0.25, 0.3) is 10.9 Å². The zero-order valence-corrected chi connectivity index (χ0v) is 18.7. The Balaban J connectivity index is 1.33. The van der Waals surface area contributed by atoms with Gasteiger partial charge in [-0.1, -0.05) is 23.7 Å². The molecule has 8 heteroatoms. The zero-order valence-electron chi connectivity index (χ0n) is 17.9. The van der Waals surface area contributed by atoms with Crippen LogP contribution in [0.5, 0.6) is 0 Å². The largest absolute Gasteiger partial charge is 0.379 e. The average molecular weight is 455 g/mol. The summed E-state index contributed by atoms with van der Waals surface area (Å²) in [6.07, 6.45) is 2.70. The molecule has 1 aromatic heterocycles. The summed E-state index contributed by atoms with van der Waals surface area (Å²) in [5.41, 5.74) is 3.81. The smallest absolute Gasteiger partial charge is 0.254 e. The fourth-order valence-electron chi connectivity index (χ4n) is 4.58. The quantitative estimate of drug-likeness (QED) is 0.654. The van der Waals surface area contributed by atoms with Crippen molar-refractivity contribution in [3.8, 4) is 0 Å². The number of carbonyl (C=O) groups excluding carboxylic acids is 1. The van der Waals surface area contributed by atoms with Crippen LogP contribution in [0, 0.1) is 5.92 Å². The Hall–Kier alpha value is -2.61. The average Bonchev–Trinajstić information content (AvgIpc) is 3.19. The second kappa shape index (κ2) is 9.48. The fraction of sp³-hybridized carbons (Fsp3) is 0.417. The minimum Gasteiger partial charge on any atom is -0.379 e.